The molecule has 1 heterocycles. The largest absolute Gasteiger partial charge is 0.453 e. The van der Waals surface area contributed by atoms with Gasteiger partial charge in [0.05, 0.1) is 13.2 Å². The summed E-state index contributed by atoms with van der Waals surface area (Å²) in [5.74, 6) is 0.461. The molecule has 0 aromatic rings. The quantitative estimate of drug-likeness (QED) is 0.695. The van der Waals surface area contributed by atoms with Gasteiger partial charge in [0.15, 0.2) is 0 Å². The summed E-state index contributed by atoms with van der Waals surface area (Å²) >= 11 is 0. The van der Waals surface area contributed by atoms with E-state index in [9.17, 15) is 9.59 Å². The monoisotopic (exact) mass is 214 g/mol. The highest BCUT2D eigenvalue weighted by Gasteiger charge is 2.27. The minimum Gasteiger partial charge on any atom is -0.453 e. The molecule has 5 heteroatoms. The van der Waals surface area contributed by atoms with E-state index in [1.165, 1.54) is 7.11 Å². The molecule has 0 aliphatic carbocycles. The molecule has 1 N–H and O–H groups in total. The summed E-state index contributed by atoms with van der Waals surface area (Å²) in [5.41, 5.74) is 0. The fourth-order valence-corrected chi connectivity index (χ4v) is 1.94. The second-order valence-electron chi connectivity index (χ2n) is 4.10. The van der Waals surface area contributed by atoms with E-state index in [0.717, 1.165) is 13.0 Å². The van der Waals surface area contributed by atoms with Gasteiger partial charge in [-0.1, -0.05) is 6.92 Å². The highest BCUT2D eigenvalue weighted by Crippen LogP contribution is 2.16. The number of nitrogens with one attached hydrogen (secondary N) is 1. The van der Waals surface area contributed by atoms with Gasteiger partial charge in [-0.2, -0.15) is 0 Å². The second-order valence-corrected chi connectivity index (χ2v) is 4.10. The molecule has 2 atom stereocenters. The van der Waals surface area contributed by atoms with Gasteiger partial charge >= 0.3 is 6.09 Å². The van der Waals surface area contributed by atoms with Gasteiger partial charge in [-0.15, -0.1) is 0 Å². The second kappa shape index (κ2) is 5.00. The van der Waals surface area contributed by atoms with E-state index in [-0.39, 0.29) is 11.9 Å². The molecule has 1 rings (SSSR count). The first-order valence-corrected chi connectivity index (χ1v) is 5.13. The van der Waals surface area contributed by atoms with Crippen LogP contribution in [0, 0.1) is 5.92 Å². The predicted octanol–water partition coefficient (Wildman–Crippen LogP) is 0.599. The van der Waals surface area contributed by atoms with E-state index >= 15 is 0 Å². The van der Waals surface area contributed by atoms with Crippen molar-refractivity contribution in [2.45, 2.75) is 26.3 Å². The molecular formula is C10H18N2O3. The molecule has 1 saturated heterocycles. The number of ether oxygens (including phenoxy) is 1. The van der Waals surface area contributed by atoms with Crippen molar-refractivity contribution in [1.82, 2.24) is 10.2 Å². The molecule has 1 fully saturated rings. The van der Waals surface area contributed by atoms with Crippen LogP contribution in [0.2, 0.25) is 0 Å². The molecule has 0 saturated carbocycles. The minimum atomic E-state index is -0.433. The summed E-state index contributed by atoms with van der Waals surface area (Å²) in [6.45, 7) is 4.97. The minimum absolute atomic E-state index is 0.00472. The first-order valence-electron chi connectivity index (χ1n) is 5.13. The van der Waals surface area contributed by atoms with Gasteiger partial charge in [0.25, 0.3) is 0 Å². The van der Waals surface area contributed by atoms with E-state index in [0.29, 0.717) is 12.5 Å². The third-order valence-corrected chi connectivity index (χ3v) is 2.61. The van der Waals surface area contributed by atoms with Gasteiger partial charge < -0.3 is 15.0 Å². The number of amides is 2. The molecule has 2 unspecified atom stereocenters. The molecule has 0 spiro atoms. The molecule has 15 heavy (non-hydrogen) atoms. The number of carbonyl (C=O) groups excluding carboxylic acids is 2. The van der Waals surface area contributed by atoms with Crippen LogP contribution in [0.1, 0.15) is 20.3 Å². The highest BCUT2D eigenvalue weighted by molar-refractivity contribution is 5.73. The average Bonchev–Trinajstić information content (AvgIpc) is 2.16. The van der Waals surface area contributed by atoms with E-state index in [4.69, 9.17) is 0 Å². The lowest BCUT2D eigenvalue weighted by Crippen LogP contribution is -2.51. The van der Waals surface area contributed by atoms with Crippen LogP contribution in [0.15, 0.2) is 0 Å². The summed E-state index contributed by atoms with van der Waals surface area (Å²) in [6.07, 6.45) is 0.455. The van der Waals surface area contributed by atoms with E-state index in [1.54, 1.807) is 11.8 Å². The number of alkyl carbamates (subject to hydrolysis) is 1. The molecule has 0 radical (unpaired) electrons. The summed E-state index contributed by atoms with van der Waals surface area (Å²) < 4.78 is 4.53. The number of nitrogens with zero attached hydrogens (tertiary/aromatic N) is 1. The Hall–Kier alpha value is -1.26. The lowest BCUT2D eigenvalue weighted by Gasteiger charge is -2.35. The van der Waals surface area contributed by atoms with Gasteiger partial charge in [0.2, 0.25) is 5.91 Å². The molecule has 1 aliphatic rings. The topological polar surface area (TPSA) is 58.6 Å². The van der Waals surface area contributed by atoms with Crippen LogP contribution >= 0.6 is 0 Å². The van der Waals surface area contributed by atoms with Crippen LogP contribution in [0.5, 0.6) is 0 Å². The Morgan fingerprint density at radius 2 is 2.07 bits per heavy atom. The molecule has 0 aromatic carbocycles. The molecule has 86 valence electrons. The Morgan fingerprint density at radius 1 is 1.40 bits per heavy atom. The standard InChI is InChI=1S/C10H18N2O3/c1-7-4-9(11-10(14)15-3)6-12(5-7)8(2)13/h7,9H,4-6H2,1-3H3,(H,11,14). The van der Waals surface area contributed by atoms with Crippen LogP contribution in [-0.2, 0) is 9.53 Å². The maximum absolute atomic E-state index is 11.2. The van der Waals surface area contributed by atoms with Crippen molar-refractivity contribution in [3.8, 4) is 0 Å². The van der Waals surface area contributed by atoms with Crippen molar-refractivity contribution in [2.24, 2.45) is 5.92 Å². The molecular weight excluding hydrogens is 196 g/mol. The number of piperidine rings is 1. The SMILES string of the molecule is COC(=O)NC1CC(C)CN(C(C)=O)C1. The van der Waals surface area contributed by atoms with Crippen LogP contribution in [-0.4, -0.2) is 43.1 Å². The number of carbonyl (C=O) groups is 2. The Balaban J connectivity index is 2.51. The molecule has 5 nitrogen and oxygen atoms in total. The first-order chi connectivity index (χ1) is 7.02. The summed E-state index contributed by atoms with van der Waals surface area (Å²) in [5, 5.41) is 2.73. The van der Waals surface area contributed by atoms with E-state index in [1.807, 2.05) is 0 Å². The van der Waals surface area contributed by atoms with Crippen molar-refractivity contribution in [1.29, 1.82) is 0 Å². The Labute approximate surface area is 89.8 Å². The third kappa shape index (κ3) is 3.42. The molecule has 2 amide bonds. The number of rotatable bonds is 1. The zero-order valence-corrected chi connectivity index (χ0v) is 9.45. The van der Waals surface area contributed by atoms with Gasteiger partial charge in [-0.05, 0) is 12.3 Å². The van der Waals surface area contributed by atoms with Gasteiger partial charge in [0, 0.05) is 20.0 Å². The van der Waals surface area contributed by atoms with Crippen molar-refractivity contribution in [2.75, 3.05) is 20.2 Å². The third-order valence-electron chi connectivity index (χ3n) is 2.61. The average molecular weight is 214 g/mol. The maximum Gasteiger partial charge on any atom is 0.407 e. The van der Waals surface area contributed by atoms with Crippen LogP contribution < -0.4 is 5.32 Å². The smallest absolute Gasteiger partial charge is 0.407 e. The van der Waals surface area contributed by atoms with Gasteiger partial charge in [0.1, 0.15) is 0 Å². The molecule has 0 bridgehead atoms. The van der Waals surface area contributed by atoms with Gasteiger partial charge in [-0.25, -0.2) is 4.79 Å². The highest BCUT2D eigenvalue weighted by atomic mass is 16.5. The van der Waals surface area contributed by atoms with Gasteiger partial charge in [-0.3, -0.25) is 4.79 Å². The van der Waals surface area contributed by atoms with E-state index in [2.05, 4.69) is 17.0 Å². The normalized spacial score (nSPS) is 25.9. The van der Waals surface area contributed by atoms with Crippen LogP contribution in [0.25, 0.3) is 0 Å². The number of likely N-dealkylation sites (tertiary alicyclic amines) is 1. The van der Waals surface area contributed by atoms with Crippen LogP contribution in [0.4, 0.5) is 4.79 Å². The van der Waals surface area contributed by atoms with Crippen molar-refractivity contribution in [3.05, 3.63) is 0 Å². The lowest BCUT2D eigenvalue weighted by molar-refractivity contribution is -0.131. The van der Waals surface area contributed by atoms with Crippen LogP contribution in [0.3, 0.4) is 0 Å². The lowest BCUT2D eigenvalue weighted by atomic mass is 9.96. The summed E-state index contributed by atoms with van der Waals surface area (Å²) in [7, 11) is 1.34. The van der Waals surface area contributed by atoms with E-state index < -0.39 is 6.09 Å². The Morgan fingerprint density at radius 3 is 2.60 bits per heavy atom. The van der Waals surface area contributed by atoms with Crippen molar-refractivity contribution in [3.63, 3.8) is 0 Å². The number of methoxy groups -OCH3 is 1. The molecule has 0 aromatic heterocycles. The maximum atomic E-state index is 11.2. The molecule has 1 aliphatic heterocycles. The fourth-order valence-electron chi connectivity index (χ4n) is 1.94. The van der Waals surface area contributed by atoms with Crippen molar-refractivity contribution < 1.29 is 14.3 Å². The predicted molar refractivity (Wildman–Crippen MR) is 55.4 cm³/mol. The number of hydrogen-bond acceptors (Lipinski definition) is 3. The fraction of sp³-hybridized carbons (Fsp3) is 0.800. The zero-order valence-electron chi connectivity index (χ0n) is 9.45. The summed E-state index contributed by atoms with van der Waals surface area (Å²) in [6, 6.07) is 0.00472. The first kappa shape index (κ1) is 11.8. The Bertz CT molecular complexity index is 255. The summed E-state index contributed by atoms with van der Waals surface area (Å²) in [4.78, 5) is 24.0. The van der Waals surface area contributed by atoms with Crippen molar-refractivity contribution >= 4 is 12.0 Å². The zero-order chi connectivity index (χ0) is 11.4. The Kier molecular flexibility index (Phi) is 3.94. The number of hydrogen-bond donors (Lipinski definition) is 1.